The van der Waals surface area contributed by atoms with Crippen molar-refractivity contribution >= 4 is 0 Å². The van der Waals surface area contributed by atoms with Crippen molar-refractivity contribution in [3.05, 3.63) is 17.7 Å². The van der Waals surface area contributed by atoms with Gasteiger partial charge in [0.05, 0.1) is 6.54 Å². The fourth-order valence-corrected chi connectivity index (χ4v) is 1.06. The van der Waals surface area contributed by atoms with Crippen LogP contribution in [0.4, 0.5) is 0 Å². The molecule has 2 heterocycles. The summed E-state index contributed by atoms with van der Waals surface area (Å²) >= 11 is 0. The van der Waals surface area contributed by atoms with Crippen LogP contribution in [0.25, 0.3) is 11.6 Å². The van der Waals surface area contributed by atoms with Gasteiger partial charge in [0.1, 0.15) is 5.76 Å². The standard InChI is InChI=1S/C8H10N4O2/c1-5-3-6(11-13-5)8-10-7(4-9-2)12-14-8/h3,9H,4H2,1-2H3. The van der Waals surface area contributed by atoms with E-state index in [1.807, 2.05) is 7.05 Å². The quantitative estimate of drug-likeness (QED) is 0.776. The van der Waals surface area contributed by atoms with Crippen LogP contribution in [0.3, 0.4) is 0 Å². The van der Waals surface area contributed by atoms with Crippen molar-refractivity contribution in [3.8, 4) is 11.6 Å². The fraction of sp³-hybridized carbons (Fsp3) is 0.375. The second-order valence-electron chi connectivity index (χ2n) is 2.87. The number of nitrogens with zero attached hydrogens (tertiary/aromatic N) is 3. The van der Waals surface area contributed by atoms with Crippen LogP contribution in [0, 0.1) is 6.92 Å². The first-order chi connectivity index (χ1) is 6.79. The predicted molar refractivity (Wildman–Crippen MR) is 47.3 cm³/mol. The van der Waals surface area contributed by atoms with Gasteiger partial charge in [0.25, 0.3) is 5.89 Å². The van der Waals surface area contributed by atoms with Crippen LogP contribution in [0.15, 0.2) is 15.1 Å². The fourth-order valence-electron chi connectivity index (χ4n) is 1.06. The van der Waals surface area contributed by atoms with E-state index in [4.69, 9.17) is 9.05 Å². The molecule has 0 unspecified atom stereocenters. The monoisotopic (exact) mass is 194 g/mol. The number of aromatic nitrogens is 3. The van der Waals surface area contributed by atoms with Crippen LogP contribution >= 0.6 is 0 Å². The van der Waals surface area contributed by atoms with Crippen molar-refractivity contribution in [2.75, 3.05) is 7.05 Å². The second kappa shape index (κ2) is 3.59. The zero-order valence-electron chi connectivity index (χ0n) is 7.94. The lowest BCUT2D eigenvalue weighted by molar-refractivity contribution is 0.388. The van der Waals surface area contributed by atoms with Crippen LogP contribution < -0.4 is 5.32 Å². The molecule has 0 fully saturated rings. The lowest BCUT2D eigenvalue weighted by Crippen LogP contribution is -2.06. The normalized spacial score (nSPS) is 10.7. The summed E-state index contributed by atoms with van der Waals surface area (Å²) in [5, 5.41) is 10.5. The SMILES string of the molecule is CNCc1noc(-c2cc(C)on2)n1. The molecular weight excluding hydrogens is 184 g/mol. The zero-order valence-corrected chi connectivity index (χ0v) is 7.94. The van der Waals surface area contributed by atoms with Crippen molar-refractivity contribution in [3.63, 3.8) is 0 Å². The molecule has 0 aliphatic heterocycles. The van der Waals surface area contributed by atoms with Crippen molar-refractivity contribution in [1.29, 1.82) is 0 Å². The van der Waals surface area contributed by atoms with Crippen LogP contribution in [-0.4, -0.2) is 22.3 Å². The minimum absolute atomic E-state index is 0.382. The maximum absolute atomic E-state index is 4.99. The summed E-state index contributed by atoms with van der Waals surface area (Å²) in [6.07, 6.45) is 0. The molecule has 14 heavy (non-hydrogen) atoms. The van der Waals surface area contributed by atoms with Crippen LogP contribution in [0.1, 0.15) is 11.6 Å². The maximum atomic E-state index is 4.99. The molecule has 0 atom stereocenters. The number of hydrogen-bond donors (Lipinski definition) is 1. The molecule has 0 bridgehead atoms. The topological polar surface area (TPSA) is 77.0 Å². The van der Waals surface area contributed by atoms with Crippen molar-refractivity contribution in [1.82, 2.24) is 20.6 Å². The Morgan fingerprint density at radius 3 is 2.86 bits per heavy atom. The molecule has 0 aromatic carbocycles. The van der Waals surface area contributed by atoms with Crippen LogP contribution in [0.5, 0.6) is 0 Å². The van der Waals surface area contributed by atoms with Crippen molar-refractivity contribution in [2.24, 2.45) is 0 Å². The molecule has 0 saturated heterocycles. The molecule has 0 aliphatic carbocycles. The van der Waals surface area contributed by atoms with Crippen LogP contribution in [0.2, 0.25) is 0 Å². The average Bonchev–Trinajstić information content (AvgIpc) is 2.74. The molecule has 2 aromatic rings. The van der Waals surface area contributed by atoms with Gasteiger partial charge in [0, 0.05) is 6.07 Å². The lowest BCUT2D eigenvalue weighted by atomic mass is 10.4. The Morgan fingerprint density at radius 1 is 1.36 bits per heavy atom. The van der Waals surface area contributed by atoms with E-state index in [1.54, 1.807) is 13.0 Å². The van der Waals surface area contributed by atoms with E-state index in [-0.39, 0.29) is 0 Å². The summed E-state index contributed by atoms with van der Waals surface area (Å²) < 4.78 is 9.89. The zero-order chi connectivity index (χ0) is 9.97. The third kappa shape index (κ3) is 1.64. The van der Waals surface area contributed by atoms with Gasteiger partial charge in [-0.3, -0.25) is 0 Å². The van der Waals surface area contributed by atoms with Crippen LogP contribution in [-0.2, 0) is 6.54 Å². The van der Waals surface area contributed by atoms with Crippen molar-refractivity contribution < 1.29 is 9.05 Å². The third-order valence-corrected chi connectivity index (χ3v) is 1.65. The number of rotatable bonds is 3. The Labute approximate surface area is 80.3 Å². The molecular formula is C8H10N4O2. The first-order valence-electron chi connectivity index (χ1n) is 4.20. The summed E-state index contributed by atoms with van der Waals surface area (Å²) in [6.45, 7) is 2.38. The molecule has 2 rings (SSSR count). The van der Waals surface area contributed by atoms with E-state index < -0.39 is 0 Å². The highest BCUT2D eigenvalue weighted by Crippen LogP contribution is 2.15. The average molecular weight is 194 g/mol. The maximum Gasteiger partial charge on any atom is 0.280 e. The van der Waals surface area contributed by atoms with E-state index in [0.717, 1.165) is 0 Å². The Kier molecular flexibility index (Phi) is 2.28. The highest BCUT2D eigenvalue weighted by molar-refractivity contribution is 5.45. The number of aryl methyl sites for hydroxylation is 1. The van der Waals surface area contributed by atoms with E-state index >= 15 is 0 Å². The van der Waals surface area contributed by atoms with Gasteiger partial charge in [0.2, 0.25) is 0 Å². The number of nitrogens with one attached hydrogen (secondary N) is 1. The molecule has 0 aliphatic rings. The first kappa shape index (κ1) is 8.89. The Bertz CT molecular complexity index is 420. The summed E-state index contributed by atoms with van der Waals surface area (Å²) in [6, 6.07) is 1.75. The van der Waals surface area contributed by atoms with Crippen molar-refractivity contribution in [2.45, 2.75) is 13.5 Å². The molecule has 0 radical (unpaired) electrons. The highest BCUT2D eigenvalue weighted by Gasteiger charge is 2.11. The molecule has 0 saturated carbocycles. The van der Waals surface area contributed by atoms with Gasteiger partial charge in [0.15, 0.2) is 11.5 Å². The van der Waals surface area contributed by atoms with Gasteiger partial charge in [-0.05, 0) is 14.0 Å². The predicted octanol–water partition coefficient (Wildman–Crippen LogP) is 0.752. The van der Waals surface area contributed by atoms with Gasteiger partial charge in [-0.25, -0.2) is 0 Å². The molecule has 0 amide bonds. The lowest BCUT2D eigenvalue weighted by Gasteiger charge is -1.86. The minimum Gasteiger partial charge on any atom is -0.361 e. The second-order valence-corrected chi connectivity index (χ2v) is 2.87. The summed E-state index contributed by atoms with van der Waals surface area (Å²) in [4.78, 5) is 4.12. The Morgan fingerprint density at radius 2 is 2.21 bits per heavy atom. The molecule has 2 aromatic heterocycles. The Hall–Kier alpha value is -1.69. The molecule has 74 valence electrons. The molecule has 0 spiro atoms. The first-order valence-corrected chi connectivity index (χ1v) is 4.20. The van der Waals surface area contributed by atoms with E-state index in [0.29, 0.717) is 29.7 Å². The summed E-state index contributed by atoms with van der Waals surface area (Å²) in [5.74, 6) is 1.70. The van der Waals surface area contributed by atoms with Gasteiger partial charge < -0.3 is 14.4 Å². The van der Waals surface area contributed by atoms with Gasteiger partial charge in [-0.2, -0.15) is 4.98 Å². The third-order valence-electron chi connectivity index (χ3n) is 1.65. The van der Waals surface area contributed by atoms with E-state index in [1.165, 1.54) is 0 Å². The molecule has 6 nitrogen and oxygen atoms in total. The summed E-state index contributed by atoms with van der Waals surface area (Å²) in [7, 11) is 1.82. The smallest absolute Gasteiger partial charge is 0.280 e. The van der Waals surface area contributed by atoms with Gasteiger partial charge >= 0.3 is 0 Å². The Balaban J connectivity index is 2.24. The molecule has 6 heteroatoms. The summed E-state index contributed by atoms with van der Waals surface area (Å²) in [5.41, 5.74) is 0.567. The van der Waals surface area contributed by atoms with E-state index in [9.17, 15) is 0 Å². The van der Waals surface area contributed by atoms with Gasteiger partial charge in [-0.1, -0.05) is 10.3 Å². The molecule has 1 N–H and O–H groups in total. The minimum atomic E-state index is 0.382. The van der Waals surface area contributed by atoms with E-state index in [2.05, 4.69) is 20.6 Å². The van der Waals surface area contributed by atoms with Gasteiger partial charge in [-0.15, -0.1) is 0 Å². The number of hydrogen-bond acceptors (Lipinski definition) is 6. The highest BCUT2D eigenvalue weighted by atomic mass is 16.5. The largest absolute Gasteiger partial charge is 0.361 e.